The van der Waals surface area contributed by atoms with Crippen molar-refractivity contribution in [1.29, 1.82) is 0 Å². The molecule has 0 N–H and O–H groups in total. The highest BCUT2D eigenvalue weighted by Crippen LogP contribution is 2.50. The van der Waals surface area contributed by atoms with Crippen molar-refractivity contribution < 1.29 is 9.53 Å². The lowest BCUT2D eigenvalue weighted by Gasteiger charge is -2.51. The second-order valence-electron chi connectivity index (χ2n) is 9.31. The van der Waals surface area contributed by atoms with Crippen LogP contribution in [0, 0.1) is 0 Å². The van der Waals surface area contributed by atoms with Gasteiger partial charge in [0.15, 0.2) is 6.61 Å². The van der Waals surface area contributed by atoms with Gasteiger partial charge in [0.1, 0.15) is 0 Å². The van der Waals surface area contributed by atoms with Crippen molar-refractivity contribution in [2.75, 3.05) is 11.5 Å². The predicted molar refractivity (Wildman–Crippen MR) is 136 cm³/mol. The fraction of sp³-hybridized carbons (Fsp3) is 0.259. The minimum Gasteiger partial charge on any atom is -0.460 e. The number of halogens is 1. The Balaban J connectivity index is 1.47. The van der Waals surface area contributed by atoms with Gasteiger partial charge in [0.25, 0.3) is 11.1 Å². The van der Waals surface area contributed by atoms with Gasteiger partial charge in [0, 0.05) is 21.7 Å². The normalized spacial score (nSPS) is 19.3. The van der Waals surface area contributed by atoms with E-state index in [1.54, 1.807) is 0 Å². The summed E-state index contributed by atoms with van der Waals surface area (Å²) in [6, 6.07) is 24.1. The summed E-state index contributed by atoms with van der Waals surface area (Å²) in [5.74, 6) is -0.0788. The van der Waals surface area contributed by atoms with Crippen LogP contribution in [0.4, 0.5) is 5.69 Å². The van der Waals surface area contributed by atoms with Crippen LogP contribution in [0.1, 0.15) is 38.3 Å². The number of carbonyl (C=O) groups is 1. The quantitative estimate of drug-likeness (QED) is 0.323. The fourth-order valence-electron chi connectivity index (χ4n) is 5.15. The first-order chi connectivity index (χ1) is 15.8. The number of carbonyl (C=O) groups excluding carboxylic acids is 1. The Bertz CT molecular complexity index is 1300. The fourth-order valence-corrected chi connectivity index (χ4v) is 6.09. The molecule has 1 aliphatic heterocycles. The lowest BCUT2D eigenvalue weighted by molar-refractivity contribution is -0.121. The lowest BCUT2D eigenvalue weighted by Crippen LogP contribution is -2.57. The average Bonchev–Trinajstić information content (AvgIpc) is 3.20. The molecule has 3 aromatic carbocycles. The van der Waals surface area contributed by atoms with Gasteiger partial charge in [-0.25, -0.2) is 4.98 Å². The van der Waals surface area contributed by atoms with Gasteiger partial charge in [0.2, 0.25) is 0 Å². The molecule has 4 nitrogen and oxygen atoms in total. The highest BCUT2D eigenvalue weighted by atomic mass is 35.5. The van der Waals surface area contributed by atoms with Crippen LogP contribution in [0.2, 0.25) is 5.02 Å². The van der Waals surface area contributed by atoms with Crippen molar-refractivity contribution in [3.05, 3.63) is 88.9 Å². The number of fused-ring (bicyclic) bond motifs is 2. The van der Waals surface area contributed by atoms with Gasteiger partial charge in [-0.15, -0.1) is 0 Å². The molecule has 0 aliphatic carbocycles. The number of benzene rings is 3. The Hall–Kier alpha value is -2.89. The van der Waals surface area contributed by atoms with Gasteiger partial charge in [-0.05, 0) is 61.7 Å². The maximum absolute atomic E-state index is 13.5. The number of anilines is 1. The van der Waals surface area contributed by atoms with E-state index >= 15 is 0 Å². The third-order valence-electron chi connectivity index (χ3n) is 6.46. The first-order valence-electron chi connectivity index (χ1n) is 10.9. The molecule has 2 heterocycles. The third-order valence-corrected chi connectivity index (χ3v) is 7.66. The second-order valence-corrected chi connectivity index (χ2v) is 10.7. The van der Waals surface area contributed by atoms with Crippen LogP contribution in [-0.2, 0) is 10.2 Å². The number of ether oxygens (including phenoxy) is 1. The van der Waals surface area contributed by atoms with Crippen LogP contribution in [0.3, 0.4) is 0 Å². The summed E-state index contributed by atoms with van der Waals surface area (Å²) in [6.45, 7) is 6.42. The highest BCUT2D eigenvalue weighted by Gasteiger charge is 2.47. The van der Waals surface area contributed by atoms with Crippen LogP contribution in [-0.4, -0.2) is 23.0 Å². The Morgan fingerprint density at radius 1 is 1.03 bits per heavy atom. The summed E-state index contributed by atoms with van der Waals surface area (Å²) in [4.78, 5) is 19.9. The van der Waals surface area contributed by atoms with E-state index in [0.717, 1.165) is 32.9 Å². The minimum atomic E-state index is -0.420. The Kier molecular flexibility index (Phi) is 5.42. The van der Waals surface area contributed by atoms with Crippen molar-refractivity contribution in [2.24, 2.45) is 0 Å². The third kappa shape index (κ3) is 3.90. The van der Waals surface area contributed by atoms with E-state index in [2.05, 4.69) is 44.0 Å². The summed E-state index contributed by atoms with van der Waals surface area (Å²) in [5, 5.41) is 1.23. The number of thiazole rings is 1. The molecule has 4 aromatic rings. The minimum absolute atomic E-state index is 0.0603. The van der Waals surface area contributed by atoms with E-state index in [0.29, 0.717) is 5.19 Å². The first kappa shape index (κ1) is 21.9. The van der Waals surface area contributed by atoms with Crippen molar-refractivity contribution in [2.45, 2.75) is 38.1 Å². The number of nitrogens with zero attached hydrogens (tertiary/aromatic N) is 2. The topological polar surface area (TPSA) is 42.4 Å². The molecular weight excluding hydrogens is 452 g/mol. The van der Waals surface area contributed by atoms with Gasteiger partial charge in [-0.1, -0.05) is 72.3 Å². The molecule has 1 amide bonds. The van der Waals surface area contributed by atoms with Crippen molar-refractivity contribution in [1.82, 2.24) is 4.98 Å². The zero-order valence-corrected chi connectivity index (χ0v) is 20.4. The molecule has 0 bridgehead atoms. The van der Waals surface area contributed by atoms with Gasteiger partial charge >= 0.3 is 0 Å². The molecule has 0 unspecified atom stereocenters. The summed E-state index contributed by atoms with van der Waals surface area (Å²) in [7, 11) is 0. The summed E-state index contributed by atoms with van der Waals surface area (Å²) >= 11 is 7.61. The number of hydrogen-bond acceptors (Lipinski definition) is 4. The monoisotopic (exact) mass is 476 g/mol. The number of aromatic nitrogens is 1. The van der Waals surface area contributed by atoms with Crippen LogP contribution >= 0.6 is 22.9 Å². The smallest absolute Gasteiger partial charge is 0.274 e. The molecule has 1 aromatic heterocycles. The van der Waals surface area contributed by atoms with E-state index in [1.165, 1.54) is 16.9 Å². The van der Waals surface area contributed by atoms with Crippen LogP contribution < -0.4 is 9.64 Å². The molecule has 0 saturated heterocycles. The summed E-state index contributed by atoms with van der Waals surface area (Å²) in [5.41, 5.74) is 3.44. The SMILES string of the molecule is CC1(C)C[C@](C)(c2ccc(Cl)cc2)c2ccccc2N1C(=O)COc1nc2ccccc2s1. The van der Waals surface area contributed by atoms with E-state index in [9.17, 15) is 4.79 Å². The molecule has 5 rings (SSSR count). The molecule has 6 heteroatoms. The molecular formula is C27H25ClN2O2S. The Morgan fingerprint density at radius 3 is 2.48 bits per heavy atom. The van der Waals surface area contributed by atoms with Gasteiger partial charge < -0.3 is 9.64 Å². The molecule has 0 radical (unpaired) electrons. The number of rotatable bonds is 4. The van der Waals surface area contributed by atoms with Gasteiger partial charge in [-0.2, -0.15) is 0 Å². The number of para-hydroxylation sites is 2. The maximum Gasteiger partial charge on any atom is 0.274 e. The standard InChI is InChI=1S/C27H25ClN2O2S/c1-26(2)17-27(3,18-12-14-19(28)15-13-18)20-8-4-6-10-22(20)30(26)24(31)16-32-25-29-21-9-5-7-11-23(21)33-25/h4-15H,16-17H2,1-3H3/t27-/m1/s1. The van der Waals surface area contributed by atoms with Crippen molar-refractivity contribution in [3.8, 4) is 5.19 Å². The summed E-state index contributed by atoms with van der Waals surface area (Å²) < 4.78 is 6.91. The van der Waals surface area contributed by atoms with Crippen LogP contribution in [0.15, 0.2) is 72.8 Å². The van der Waals surface area contributed by atoms with Gasteiger partial charge in [-0.3, -0.25) is 4.79 Å². The van der Waals surface area contributed by atoms with Crippen molar-refractivity contribution >= 4 is 44.7 Å². The lowest BCUT2D eigenvalue weighted by atomic mass is 9.65. The summed E-state index contributed by atoms with van der Waals surface area (Å²) in [6.07, 6.45) is 0.769. The number of hydrogen-bond donors (Lipinski definition) is 0. The molecule has 33 heavy (non-hydrogen) atoms. The zero-order valence-electron chi connectivity index (χ0n) is 18.8. The zero-order chi connectivity index (χ0) is 23.2. The van der Waals surface area contributed by atoms with Gasteiger partial charge in [0.05, 0.1) is 10.2 Å². The van der Waals surface area contributed by atoms with Crippen LogP contribution in [0.5, 0.6) is 5.19 Å². The first-order valence-corrected chi connectivity index (χ1v) is 12.1. The number of amides is 1. The predicted octanol–water partition coefficient (Wildman–Crippen LogP) is 6.85. The van der Waals surface area contributed by atoms with E-state index in [-0.39, 0.29) is 17.9 Å². The molecule has 0 spiro atoms. The Morgan fingerprint density at radius 2 is 1.73 bits per heavy atom. The molecule has 1 atom stereocenters. The van der Waals surface area contributed by atoms with E-state index < -0.39 is 5.54 Å². The maximum atomic E-state index is 13.5. The largest absolute Gasteiger partial charge is 0.460 e. The second kappa shape index (κ2) is 8.15. The van der Waals surface area contributed by atoms with E-state index in [1.807, 2.05) is 59.5 Å². The average molecular weight is 477 g/mol. The van der Waals surface area contributed by atoms with Crippen molar-refractivity contribution in [3.63, 3.8) is 0 Å². The molecule has 0 saturated carbocycles. The molecule has 168 valence electrons. The molecule has 0 fully saturated rings. The Labute approximate surface area is 202 Å². The van der Waals surface area contributed by atoms with E-state index in [4.69, 9.17) is 16.3 Å². The van der Waals surface area contributed by atoms with Crippen LogP contribution in [0.25, 0.3) is 10.2 Å². The molecule has 1 aliphatic rings. The highest BCUT2D eigenvalue weighted by molar-refractivity contribution is 7.20.